The number of nitrogens with zero attached hydrogens (tertiary/aromatic N) is 4. The zero-order valence-corrected chi connectivity index (χ0v) is 14.6. The van der Waals surface area contributed by atoms with E-state index < -0.39 is 0 Å². The first-order valence-corrected chi connectivity index (χ1v) is 8.42. The van der Waals surface area contributed by atoms with Crippen molar-refractivity contribution in [1.82, 2.24) is 25.5 Å². The van der Waals surface area contributed by atoms with Crippen molar-refractivity contribution < 1.29 is 14.3 Å². The summed E-state index contributed by atoms with van der Waals surface area (Å²) in [5.41, 5.74) is 1.79. The molecule has 1 amide bonds. The molecule has 0 bridgehead atoms. The zero-order chi connectivity index (χ0) is 17.6. The van der Waals surface area contributed by atoms with Gasteiger partial charge in [0.15, 0.2) is 11.5 Å². The molecule has 2 aromatic heterocycles. The third-order valence-corrected chi connectivity index (χ3v) is 4.14. The van der Waals surface area contributed by atoms with Crippen LogP contribution in [0.1, 0.15) is 5.56 Å². The van der Waals surface area contributed by atoms with Crippen LogP contribution in [0.25, 0.3) is 11.4 Å². The van der Waals surface area contributed by atoms with E-state index in [1.54, 1.807) is 31.6 Å². The summed E-state index contributed by atoms with van der Waals surface area (Å²) >= 11 is 1.55. The average Bonchev–Trinajstić information content (AvgIpc) is 3.31. The number of ether oxygens (including phenoxy) is 2. The first-order valence-electron chi connectivity index (χ1n) is 7.47. The van der Waals surface area contributed by atoms with Gasteiger partial charge in [-0.1, -0.05) is 6.07 Å². The molecule has 0 saturated heterocycles. The topological polar surface area (TPSA) is 91.2 Å². The van der Waals surface area contributed by atoms with E-state index in [4.69, 9.17) is 9.47 Å². The van der Waals surface area contributed by atoms with Crippen molar-refractivity contribution in [2.45, 2.75) is 13.1 Å². The molecule has 0 saturated carbocycles. The first-order chi connectivity index (χ1) is 12.2. The standard InChI is InChI=1S/C16H17N5O3S/c1-23-13-4-3-11(7-14(13)24-2)8-17-15(22)9-21-19-16(18-20-21)12-5-6-25-10-12/h3-7,10H,8-9H2,1-2H3,(H,17,22). The number of nitrogens with one attached hydrogen (secondary N) is 1. The summed E-state index contributed by atoms with van der Waals surface area (Å²) in [6.07, 6.45) is 0. The minimum atomic E-state index is -0.205. The number of methoxy groups -OCH3 is 2. The first kappa shape index (κ1) is 16.9. The predicted octanol–water partition coefficient (Wildman–Crippen LogP) is 1.74. The average molecular weight is 359 g/mol. The highest BCUT2D eigenvalue weighted by Crippen LogP contribution is 2.27. The van der Waals surface area contributed by atoms with Crippen LogP contribution in [0.3, 0.4) is 0 Å². The Balaban J connectivity index is 1.56. The van der Waals surface area contributed by atoms with E-state index in [2.05, 4.69) is 20.7 Å². The largest absolute Gasteiger partial charge is 0.493 e. The lowest BCUT2D eigenvalue weighted by molar-refractivity contribution is -0.122. The maximum Gasteiger partial charge on any atom is 0.243 e. The highest BCUT2D eigenvalue weighted by Gasteiger charge is 2.10. The fourth-order valence-electron chi connectivity index (χ4n) is 2.19. The second-order valence-electron chi connectivity index (χ2n) is 5.12. The van der Waals surface area contributed by atoms with Gasteiger partial charge in [-0.3, -0.25) is 4.79 Å². The Morgan fingerprint density at radius 3 is 2.80 bits per heavy atom. The smallest absolute Gasteiger partial charge is 0.243 e. The maximum atomic E-state index is 12.1. The number of carbonyl (C=O) groups excluding carboxylic acids is 1. The van der Waals surface area contributed by atoms with E-state index >= 15 is 0 Å². The van der Waals surface area contributed by atoms with E-state index in [9.17, 15) is 4.79 Å². The highest BCUT2D eigenvalue weighted by molar-refractivity contribution is 7.08. The quantitative estimate of drug-likeness (QED) is 0.691. The third kappa shape index (κ3) is 4.13. The SMILES string of the molecule is COc1ccc(CNC(=O)Cn2nnc(-c3ccsc3)n2)cc1OC. The van der Waals surface area contributed by atoms with Gasteiger partial charge in [0.2, 0.25) is 11.7 Å². The molecule has 0 spiro atoms. The monoisotopic (exact) mass is 359 g/mol. The number of tetrazole rings is 1. The fraction of sp³-hybridized carbons (Fsp3) is 0.250. The van der Waals surface area contributed by atoms with Gasteiger partial charge < -0.3 is 14.8 Å². The van der Waals surface area contributed by atoms with E-state index in [0.29, 0.717) is 23.9 Å². The molecule has 0 radical (unpaired) electrons. The van der Waals surface area contributed by atoms with Crippen LogP contribution in [0.4, 0.5) is 0 Å². The molecule has 1 N–H and O–H groups in total. The minimum absolute atomic E-state index is 0.00439. The van der Waals surface area contributed by atoms with Crippen LogP contribution < -0.4 is 14.8 Å². The van der Waals surface area contributed by atoms with Crippen LogP contribution in [0.2, 0.25) is 0 Å². The van der Waals surface area contributed by atoms with Crippen LogP contribution in [0.15, 0.2) is 35.0 Å². The highest BCUT2D eigenvalue weighted by atomic mass is 32.1. The molecule has 0 fully saturated rings. The predicted molar refractivity (Wildman–Crippen MR) is 92.5 cm³/mol. The number of aromatic nitrogens is 4. The lowest BCUT2D eigenvalue weighted by Gasteiger charge is -2.10. The lowest BCUT2D eigenvalue weighted by atomic mass is 10.2. The van der Waals surface area contributed by atoms with Crippen molar-refractivity contribution >= 4 is 17.2 Å². The second-order valence-corrected chi connectivity index (χ2v) is 5.90. The van der Waals surface area contributed by atoms with Crippen molar-refractivity contribution in [2.24, 2.45) is 0 Å². The van der Waals surface area contributed by atoms with Gasteiger partial charge in [0.05, 0.1) is 14.2 Å². The molecule has 0 aliphatic heterocycles. The molecule has 8 nitrogen and oxygen atoms in total. The summed E-state index contributed by atoms with van der Waals surface area (Å²) < 4.78 is 10.4. The lowest BCUT2D eigenvalue weighted by Crippen LogP contribution is -2.28. The van der Waals surface area contributed by atoms with Crippen LogP contribution in [0.5, 0.6) is 11.5 Å². The van der Waals surface area contributed by atoms with Gasteiger partial charge >= 0.3 is 0 Å². The van der Waals surface area contributed by atoms with Crippen LogP contribution in [0, 0.1) is 0 Å². The molecule has 0 aliphatic carbocycles. The molecule has 3 aromatic rings. The van der Waals surface area contributed by atoms with E-state index in [-0.39, 0.29) is 12.5 Å². The number of thiophene rings is 1. The Hall–Kier alpha value is -2.94. The maximum absolute atomic E-state index is 12.1. The Morgan fingerprint density at radius 2 is 2.08 bits per heavy atom. The summed E-state index contributed by atoms with van der Waals surface area (Å²) in [6, 6.07) is 7.39. The second kappa shape index (κ2) is 7.75. The number of benzene rings is 1. The number of amides is 1. The fourth-order valence-corrected chi connectivity index (χ4v) is 2.83. The number of rotatable bonds is 7. The van der Waals surface area contributed by atoms with Gasteiger partial charge in [0.1, 0.15) is 6.54 Å². The molecule has 9 heteroatoms. The number of hydrogen-bond acceptors (Lipinski definition) is 7. The molecule has 25 heavy (non-hydrogen) atoms. The summed E-state index contributed by atoms with van der Waals surface area (Å²) in [5.74, 6) is 1.57. The summed E-state index contributed by atoms with van der Waals surface area (Å²) in [7, 11) is 3.15. The van der Waals surface area contributed by atoms with Crippen molar-refractivity contribution in [3.8, 4) is 22.9 Å². The van der Waals surface area contributed by atoms with Crippen molar-refractivity contribution in [2.75, 3.05) is 14.2 Å². The van der Waals surface area contributed by atoms with Gasteiger partial charge in [-0.15, -0.1) is 10.2 Å². The normalized spacial score (nSPS) is 10.5. The molecular weight excluding hydrogens is 342 g/mol. The Bertz CT molecular complexity index is 847. The molecule has 0 unspecified atom stereocenters. The number of hydrogen-bond donors (Lipinski definition) is 1. The van der Waals surface area contributed by atoms with Gasteiger partial charge in [0, 0.05) is 17.5 Å². The molecule has 2 heterocycles. The van der Waals surface area contributed by atoms with Crippen LogP contribution >= 0.6 is 11.3 Å². The Kier molecular flexibility index (Phi) is 5.24. The molecule has 130 valence electrons. The molecular formula is C16H17N5O3S. The van der Waals surface area contributed by atoms with Gasteiger partial charge in [-0.25, -0.2) is 0 Å². The van der Waals surface area contributed by atoms with Crippen LogP contribution in [-0.4, -0.2) is 40.3 Å². The van der Waals surface area contributed by atoms with Crippen molar-refractivity contribution in [3.63, 3.8) is 0 Å². The summed E-state index contributed by atoms with van der Waals surface area (Å²) in [4.78, 5) is 13.3. The summed E-state index contributed by atoms with van der Waals surface area (Å²) in [6.45, 7) is 0.371. The summed E-state index contributed by atoms with van der Waals surface area (Å²) in [5, 5.41) is 18.7. The molecule has 0 aliphatic rings. The van der Waals surface area contributed by atoms with Crippen molar-refractivity contribution in [3.05, 3.63) is 40.6 Å². The minimum Gasteiger partial charge on any atom is -0.493 e. The van der Waals surface area contributed by atoms with Gasteiger partial charge in [0.25, 0.3) is 0 Å². The number of carbonyl (C=O) groups is 1. The Labute approximate surface area is 148 Å². The molecule has 0 atom stereocenters. The van der Waals surface area contributed by atoms with Crippen LogP contribution in [-0.2, 0) is 17.9 Å². The third-order valence-electron chi connectivity index (χ3n) is 3.45. The zero-order valence-electron chi connectivity index (χ0n) is 13.8. The van der Waals surface area contributed by atoms with E-state index in [1.807, 2.05) is 29.0 Å². The molecule has 3 rings (SSSR count). The Morgan fingerprint density at radius 1 is 1.24 bits per heavy atom. The van der Waals surface area contributed by atoms with E-state index in [0.717, 1.165) is 11.1 Å². The molecule has 1 aromatic carbocycles. The van der Waals surface area contributed by atoms with Gasteiger partial charge in [-0.05, 0) is 34.4 Å². The van der Waals surface area contributed by atoms with Crippen molar-refractivity contribution in [1.29, 1.82) is 0 Å². The van der Waals surface area contributed by atoms with E-state index in [1.165, 1.54) is 4.80 Å². The van der Waals surface area contributed by atoms with Gasteiger partial charge in [-0.2, -0.15) is 16.1 Å².